The van der Waals surface area contributed by atoms with Gasteiger partial charge in [-0.15, -0.1) is 0 Å². The Kier molecular flexibility index (Phi) is 7.46. The maximum absolute atomic E-state index is 13.5. The largest absolute Gasteiger partial charge is 0.465 e. The first-order valence-electron chi connectivity index (χ1n) is 14.7. The summed E-state index contributed by atoms with van der Waals surface area (Å²) >= 11 is 0. The van der Waals surface area contributed by atoms with E-state index >= 15 is 0 Å². The standard InChI is InChI=1S/C32H45NO4/c1-4-37-29(34)32(20-33,21-36-19-22-8-6-5-7-9-22)28-13-12-27-26-11-10-23-18-30(2,35)16-14-24(23)25(26)15-17-31(27,28)3/h5-9,23-28,35H,4,10-19,21H2,1-3H3/t23-,24+,25-,26-,27+,28+,30-,31+,32?/m1/s1. The molecule has 5 heteroatoms. The molecule has 5 nitrogen and oxygen atoms in total. The van der Waals surface area contributed by atoms with Gasteiger partial charge in [-0.3, -0.25) is 4.79 Å². The smallest absolute Gasteiger partial charge is 0.329 e. The second-order valence-electron chi connectivity index (χ2n) is 13.1. The molecule has 37 heavy (non-hydrogen) atoms. The van der Waals surface area contributed by atoms with Crippen LogP contribution in [0.3, 0.4) is 0 Å². The predicted octanol–water partition coefficient (Wildman–Crippen LogP) is 6.30. The van der Waals surface area contributed by atoms with E-state index < -0.39 is 17.0 Å². The van der Waals surface area contributed by atoms with Gasteiger partial charge in [0.25, 0.3) is 0 Å². The minimum Gasteiger partial charge on any atom is -0.465 e. The summed E-state index contributed by atoms with van der Waals surface area (Å²) in [5.41, 5.74) is -0.798. The van der Waals surface area contributed by atoms with Crippen molar-refractivity contribution < 1.29 is 19.4 Å². The molecule has 0 aromatic heterocycles. The zero-order valence-electron chi connectivity index (χ0n) is 23.0. The quantitative estimate of drug-likeness (QED) is 0.438. The Morgan fingerprint density at radius 1 is 1.05 bits per heavy atom. The number of carbonyl (C=O) groups excluding carboxylic acids is 1. The van der Waals surface area contributed by atoms with Crippen molar-refractivity contribution in [1.82, 2.24) is 0 Å². The SMILES string of the molecule is CCOC(=O)C(C#N)(COCc1ccccc1)[C@H]1CC[C@H]2[C@@H]3CC[C@@H]4C[C@](C)(O)CC[C@@H]4[C@H]3CC[C@]12C. The van der Waals surface area contributed by atoms with E-state index in [0.29, 0.717) is 24.4 Å². The van der Waals surface area contributed by atoms with Crippen molar-refractivity contribution in [2.75, 3.05) is 13.2 Å². The van der Waals surface area contributed by atoms with Crippen LogP contribution in [0.1, 0.15) is 84.1 Å². The van der Waals surface area contributed by atoms with Crippen molar-refractivity contribution in [3.05, 3.63) is 35.9 Å². The van der Waals surface area contributed by atoms with Crippen LogP contribution in [0.15, 0.2) is 30.3 Å². The molecule has 0 aliphatic heterocycles. The number of nitrogens with zero attached hydrogens (tertiary/aromatic N) is 1. The van der Waals surface area contributed by atoms with Crippen LogP contribution in [0.2, 0.25) is 0 Å². The maximum Gasteiger partial charge on any atom is 0.329 e. The zero-order valence-corrected chi connectivity index (χ0v) is 23.0. The van der Waals surface area contributed by atoms with Crippen LogP contribution < -0.4 is 0 Å². The van der Waals surface area contributed by atoms with E-state index in [-0.39, 0.29) is 24.5 Å². The molecule has 0 heterocycles. The summed E-state index contributed by atoms with van der Waals surface area (Å²) in [7, 11) is 0. The molecular weight excluding hydrogens is 462 g/mol. The van der Waals surface area contributed by atoms with Crippen LogP contribution in [-0.4, -0.2) is 29.9 Å². The summed E-state index contributed by atoms with van der Waals surface area (Å²) in [6.07, 6.45) is 9.64. The first-order chi connectivity index (χ1) is 17.7. The van der Waals surface area contributed by atoms with Crippen molar-refractivity contribution in [2.45, 2.75) is 90.8 Å². The number of rotatable bonds is 7. The molecule has 1 unspecified atom stereocenters. The number of fused-ring (bicyclic) bond motifs is 5. The van der Waals surface area contributed by atoms with E-state index in [1.165, 1.54) is 19.3 Å². The van der Waals surface area contributed by atoms with Crippen molar-refractivity contribution in [3.8, 4) is 6.07 Å². The number of ether oxygens (including phenoxy) is 2. The van der Waals surface area contributed by atoms with Gasteiger partial charge in [-0.2, -0.15) is 5.26 Å². The highest BCUT2D eigenvalue weighted by molar-refractivity contribution is 5.81. The fourth-order valence-corrected chi connectivity index (χ4v) is 9.51. The Morgan fingerprint density at radius 2 is 1.81 bits per heavy atom. The van der Waals surface area contributed by atoms with Gasteiger partial charge in [-0.1, -0.05) is 37.3 Å². The molecule has 202 valence electrons. The van der Waals surface area contributed by atoms with E-state index in [4.69, 9.17) is 9.47 Å². The molecular formula is C32H45NO4. The lowest BCUT2D eigenvalue weighted by atomic mass is 9.47. The lowest BCUT2D eigenvalue weighted by molar-refractivity contribution is -0.166. The summed E-state index contributed by atoms with van der Waals surface area (Å²) in [4.78, 5) is 13.5. The van der Waals surface area contributed by atoms with Crippen molar-refractivity contribution in [3.63, 3.8) is 0 Å². The average molecular weight is 508 g/mol. The molecule has 5 rings (SSSR count). The van der Waals surface area contributed by atoms with Gasteiger partial charge in [0, 0.05) is 0 Å². The van der Waals surface area contributed by atoms with Gasteiger partial charge in [0.15, 0.2) is 5.41 Å². The zero-order chi connectivity index (χ0) is 26.3. The fraction of sp³-hybridized carbons (Fsp3) is 0.750. The van der Waals surface area contributed by atoms with Crippen LogP contribution in [0.25, 0.3) is 0 Å². The lowest BCUT2D eigenvalue weighted by Gasteiger charge is -2.57. The lowest BCUT2D eigenvalue weighted by Crippen LogP contribution is -2.54. The van der Waals surface area contributed by atoms with E-state index in [2.05, 4.69) is 13.0 Å². The summed E-state index contributed by atoms with van der Waals surface area (Å²) in [5.74, 6) is 2.83. The van der Waals surface area contributed by atoms with Crippen LogP contribution in [-0.2, 0) is 20.9 Å². The third kappa shape index (κ3) is 4.74. The molecule has 1 aromatic carbocycles. The second-order valence-corrected chi connectivity index (χ2v) is 13.1. The Bertz CT molecular complexity index is 1000. The molecule has 0 amide bonds. The van der Waals surface area contributed by atoms with Crippen LogP contribution in [0, 0.1) is 57.7 Å². The summed E-state index contributed by atoms with van der Waals surface area (Å²) in [6.45, 7) is 6.93. The van der Waals surface area contributed by atoms with Gasteiger partial charge < -0.3 is 14.6 Å². The van der Waals surface area contributed by atoms with Crippen molar-refractivity contribution in [2.24, 2.45) is 46.3 Å². The molecule has 4 fully saturated rings. The number of hydrogen-bond acceptors (Lipinski definition) is 5. The number of carbonyl (C=O) groups is 1. The summed E-state index contributed by atoms with van der Waals surface area (Å²) in [6, 6.07) is 12.4. The normalized spacial score (nSPS) is 40.4. The van der Waals surface area contributed by atoms with Gasteiger partial charge in [0.05, 0.1) is 31.5 Å². The molecule has 0 radical (unpaired) electrons. The molecule has 0 bridgehead atoms. The monoisotopic (exact) mass is 507 g/mol. The molecule has 4 aliphatic rings. The molecule has 1 N–H and O–H groups in total. The highest BCUT2D eigenvalue weighted by Gasteiger charge is 2.64. The second kappa shape index (κ2) is 10.3. The number of nitriles is 1. The minimum atomic E-state index is -1.28. The van der Waals surface area contributed by atoms with Crippen molar-refractivity contribution >= 4 is 5.97 Å². The fourth-order valence-electron chi connectivity index (χ4n) is 9.51. The molecule has 4 aliphatic carbocycles. The summed E-state index contributed by atoms with van der Waals surface area (Å²) < 4.78 is 11.7. The number of aliphatic hydroxyl groups is 1. The molecule has 4 saturated carbocycles. The van der Waals surface area contributed by atoms with E-state index in [1.807, 2.05) is 44.2 Å². The van der Waals surface area contributed by atoms with Crippen LogP contribution >= 0.6 is 0 Å². The van der Waals surface area contributed by atoms with Crippen LogP contribution in [0.5, 0.6) is 0 Å². The third-order valence-corrected chi connectivity index (χ3v) is 11.1. The van der Waals surface area contributed by atoms with Gasteiger partial charge >= 0.3 is 5.97 Å². The average Bonchev–Trinajstić information content (AvgIpc) is 3.24. The van der Waals surface area contributed by atoms with Gasteiger partial charge in [-0.05, 0) is 118 Å². The summed E-state index contributed by atoms with van der Waals surface area (Å²) in [5, 5.41) is 21.3. The van der Waals surface area contributed by atoms with Gasteiger partial charge in [0.2, 0.25) is 0 Å². The first kappa shape index (κ1) is 26.7. The number of benzene rings is 1. The number of esters is 1. The van der Waals surface area contributed by atoms with E-state index in [1.54, 1.807) is 0 Å². The maximum atomic E-state index is 13.5. The first-order valence-corrected chi connectivity index (χ1v) is 14.7. The Labute approximate surface area is 222 Å². The van der Waals surface area contributed by atoms with Gasteiger partial charge in [0.1, 0.15) is 0 Å². The molecule has 0 spiro atoms. The third-order valence-electron chi connectivity index (χ3n) is 11.1. The minimum absolute atomic E-state index is 0.0596. The molecule has 1 aromatic rings. The molecule has 0 saturated heterocycles. The Hall–Kier alpha value is -1.90. The van der Waals surface area contributed by atoms with Crippen LogP contribution in [0.4, 0.5) is 0 Å². The van der Waals surface area contributed by atoms with E-state index in [9.17, 15) is 15.2 Å². The van der Waals surface area contributed by atoms with Gasteiger partial charge in [-0.25, -0.2) is 0 Å². The molecule has 9 atom stereocenters. The topological polar surface area (TPSA) is 79.6 Å². The highest BCUT2D eigenvalue weighted by atomic mass is 16.5. The van der Waals surface area contributed by atoms with E-state index in [0.717, 1.165) is 55.9 Å². The Balaban J connectivity index is 1.37. The van der Waals surface area contributed by atoms with Crippen molar-refractivity contribution in [1.29, 1.82) is 5.26 Å². The Morgan fingerprint density at radius 3 is 2.54 bits per heavy atom. The predicted molar refractivity (Wildman–Crippen MR) is 142 cm³/mol. The highest BCUT2D eigenvalue weighted by Crippen LogP contribution is 2.67. The number of hydrogen-bond donors (Lipinski definition) is 1.